The Morgan fingerprint density at radius 1 is 1.48 bits per heavy atom. The van der Waals surface area contributed by atoms with Gasteiger partial charge in [-0.3, -0.25) is 4.79 Å². The zero-order valence-electron chi connectivity index (χ0n) is 14.5. The van der Waals surface area contributed by atoms with Crippen LogP contribution in [0.2, 0.25) is 0 Å². The lowest BCUT2D eigenvalue weighted by molar-refractivity contribution is 0.0994. The summed E-state index contributed by atoms with van der Waals surface area (Å²) in [6.45, 7) is 6.58. The smallest absolute Gasteiger partial charge is 0.252 e. The summed E-state index contributed by atoms with van der Waals surface area (Å²) in [5, 5.41) is 5.12. The molecule has 6 nitrogen and oxygen atoms in total. The van der Waals surface area contributed by atoms with E-state index in [-0.39, 0.29) is 11.5 Å². The minimum absolute atomic E-state index is 0.0627. The second-order valence-corrected chi connectivity index (χ2v) is 7.40. The quantitative estimate of drug-likeness (QED) is 0.840. The molecule has 2 aromatic rings. The first kappa shape index (κ1) is 16.1. The third-order valence-electron chi connectivity index (χ3n) is 5.18. The molecule has 2 aliphatic rings. The zero-order valence-corrected chi connectivity index (χ0v) is 14.5. The Balaban J connectivity index is 1.68. The number of nitrogens with zero attached hydrogens (tertiary/aromatic N) is 1. The molecule has 3 N–H and O–H groups in total. The van der Waals surface area contributed by atoms with Gasteiger partial charge < -0.3 is 20.5 Å². The molecule has 1 aliphatic heterocycles. The van der Waals surface area contributed by atoms with Crippen molar-refractivity contribution in [3.05, 3.63) is 30.0 Å². The van der Waals surface area contributed by atoms with Crippen molar-refractivity contribution < 1.29 is 14.3 Å². The third kappa shape index (κ3) is 2.91. The van der Waals surface area contributed by atoms with E-state index >= 15 is 0 Å². The van der Waals surface area contributed by atoms with Crippen molar-refractivity contribution in [3.8, 4) is 11.6 Å². The zero-order chi connectivity index (χ0) is 17.6. The van der Waals surface area contributed by atoms with Crippen LogP contribution in [0, 0.1) is 11.3 Å². The number of ether oxygens (including phenoxy) is 2. The number of aromatic nitrogens is 1. The standard InChI is InChI=1S/C19H23N3O3/c1-11(2)25-16-6-14-12(5-15(16)17(20)23)3-4-22-18(14)24-10-19-7-13(19)8-21-9-19/h3-6,11,13,21H,7-10H2,1-2H3,(H2,20,23)/t13-,19?/m0/s1. The SMILES string of the molecule is CC(C)Oc1cc2c(OCC34CNC[C@@H]3C4)nccc2cc1C(N)=O. The summed E-state index contributed by atoms with van der Waals surface area (Å²) in [4.78, 5) is 16.2. The van der Waals surface area contributed by atoms with Gasteiger partial charge in [-0.15, -0.1) is 0 Å². The van der Waals surface area contributed by atoms with Crippen LogP contribution in [0.15, 0.2) is 24.4 Å². The maximum absolute atomic E-state index is 11.8. The van der Waals surface area contributed by atoms with Crippen molar-refractivity contribution in [2.75, 3.05) is 19.7 Å². The molecule has 1 unspecified atom stereocenters. The molecule has 25 heavy (non-hydrogen) atoms. The summed E-state index contributed by atoms with van der Waals surface area (Å²) in [7, 11) is 0. The molecular weight excluding hydrogens is 318 g/mol. The second-order valence-electron chi connectivity index (χ2n) is 7.40. The fraction of sp³-hybridized carbons (Fsp3) is 0.474. The Bertz CT molecular complexity index is 836. The number of pyridine rings is 1. The number of piperidine rings is 1. The topological polar surface area (TPSA) is 86.5 Å². The highest BCUT2D eigenvalue weighted by atomic mass is 16.5. The summed E-state index contributed by atoms with van der Waals surface area (Å²) in [5.41, 5.74) is 6.16. The number of fused-ring (bicyclic) bond motifs is 2. The second kappa shape index (κ2) is 5.88. The van der Waals surface area contributed by atoms with Crippen LogP contribution < -0.4 is 20.5 Å². The number of rotatable bonds is 6. The van der Waals surface area contributed by atoms with E-state index in [1.165, 1.54) is 6.42 Å². The third-order valence-corrected chi connectivity index (χ3v) is 5.18. The van der Waals surface area contributed by atoms with Crippen molar-refractivity contribution in [1.82, 2.24) is 10.3 Å². The van der Waals surface area contributed by atoms with Gasteiger partial charge in [0.15, 0.2) is 0 Å². The molecule has 0 radical (unpaired) electrons. The van der Waals surface area contributed by atoms with E-state index in [0.717, 1.165) is 29.8 Å². The molecule has 2 heterocycles. The molecule has 4 rings (SSSR count). The number of amides is 1. The first-order valence-electron chi connectivity index (χ1n) is 8.71. The van der Waals surface area contributed by atoms with Gasteiger partial charge in [0, 0.05) is 23.5 Å². The van der Waals surface area contributed by atoms with Gasteiger partial charge in [0.2, 0.25) is 5.88 Å². The predicted molar refractivity (Wildman–Crippen MR) is 94.9 cm³/mol. The summed E-state index contributed by atoms with van der Waals surface area (Å²) in [6, 6.07) is 5.41. The van der Waals surface area contributed by atoms with Crippen molar-refractivity contribution in [1.29, 1.82) is 0 Å². The lowest BCUT2D eigenvalue weighted by atomic mass is 10.1. The van der Waals surface area contributed by atoms with E-state index in [4.69, 9.17) is 15.2 Å². The normalized spacial score (nSPS) is 24.4. The Morgan fingerprint density at radius 3 is 2.96 bits per heavy atom. The number of primary amides is 1. The molecule has 132 valence electrons. The van der Waals surface area contributed by atoms with Crippen LogP contribution in [-0.2, 0) is 0 Å². The fourth-order valence-electron chi connectivity index (χ4n) is 3.71. The van der Waals surface area contributed by atoms with E-state index in [9.17, 15) is 4.79 Å². The van der Waals surface area contributed by atoms with Crippen LogP contribution in [0.5, 0.6) is 11.6 Å². The molecule has 1 amide bonds. The molecule has 1 aliphatic carbocycles. The van der Waals surface area contributed by atoms with Gasteiger partial charge in [0.05, 0.1) is 18.3 Å². The minimum atomic E-state index is -0.506. The molecule has 1 saturated carbocycles. The van der Waals surface area contributed by atoms with Crippen molar-refractivity contribution in [3.63, 3.8) is 0 Å². The van der Waals surface area contributed by atoms with Gasteiger partial charge in [-0.25, -0.2) is 4.98 Å². The van der Waals surface area contributed by atoms with Crippen LogP contribution in [0.1, 0.15) is 30.6 Å². The highest BCUT2D eigenvalue weighted by Gasteiger charge is 2.57. The van der Waals surface area contributed by atoms with Gasteiger partial charge in [-0.1, -0.05) is 0 Å². The first-order chi connectivity index (χ1) is 12.0. The molecule has 0 bridgehead atoms. The number of hydrogen-bond donors (Lipinski definition) is 2. The van der Waals surface area contributed by atoms with Crippen LogP contribution in [0.4, 0.5) is 0 Å². The lowest BCUT2D eigenvalue weighted by Gasteiger charge is -2.17. The molecule has 2 atom stereocenters. The number of benzene rings is 1. The number of carbonyl (C=O) groups is 1. The average molecular weight is 341 g/mol. The van der Waals surface area contributed by atoms with Crippen LogP contribution in [0.3, 0.4) is 0 Å². The highest BCUT2D eigenvalue weighted by molar-refractivity contribution is 6.01. The number of nitrogens with one attached hydrogen (secondary N) is 1. The van der Waals surface area contributed by atoms with Crippen molar-refractivity contribution >= 4 is 16.7 Å². The molecular formula is C19H23N3O3. The maximum Gasteiger partial charge on any atom is 0.252 e. The van der Waals surface area contributed by atoms with Gasteiger partial charge in [-0.2, -0.15) is 0 Å². The summed E-state index contributed by atoms with van der Waals surface area (Å²) >= 11 is 0. The van der Waals surface area contributed by atoms with Crippen LogP contribution in [-0.4, -0.2) is 36.7 Å². The van der Waals surface area contributed by atoms with Gasteiger partial charge in [0.25, 0.3) is 5.91 Å². The monoisotopic (exact) mass is 341 g/mol. The molecule has 6 heteroatoms. The minimum Gasteiger partial charge on any atom is -0.490 e. The van der Waals surface area contributed by atoms with Crippen LogP contribution >= 0.6 is 0 Å². The summed E-state index contributed by atoms with van der Waals surface area (Å²) in [6.07, 6.45) is 2.85. The largest absolute Gasteiger partial charge is 0.490 e. The molecule has 1 saturated heterocycles. The Labute approximate surface area is 146 Å². The maximum atomic E-state index is 11.8. The molecule has 1 aromatic carbocycles. The lowest BCUT2D eigenvalue weighted by Crippen LogP contribution is -2.22. The van der Waals surface area contributed by atoms with E-state index in [2.05, 4.69) is 10.3 Å². The van der Waals surface area contributed by atoms with Crippen LogP contribution in [0.25, 0.3) is 10.8 Å². The summed E-state index contributed by atoms with van der Waals surface area (Å²) < 4.78 is 11.9. The first-order valence-corrected chi connectivity index (χ1v) is 8.71. The average Bonchev–Trinajstić information content (AvgIpc) is 3.11. The van der Waals surface area contributed by atoms with E-state index < -0.39 is 5.91 Å². The summed E-state index contributed by atoms with van der Waals surface area (Å²) in [5.74, 6) is 1.27. The molecule has 2 fully saturated rings. The van der Waals surface area contributed by atoms with E-state index in [1.54, 1.807) is 12.3 Å². The Kier molecular flexibility index (Phi) is 3.80. The van der Waals surface area contributed by atoms with Crippen molar-refractivity contribution in [2.24, 2.45) is 17.1 Å². The fourth-order valence-corrected chi connectivity index (χ4v) is 3.71. The Hall–Kier alpha value is -2.34. The van der Waals surface area contributed by atoms with Gasteiger partial charge in [0.1, 0.15) is 5.75 Å². The number of nitrogens with two attached hydrogens (primary N) is 1. The van der Waals surface area contributed by atoms with Gasteiger partial charge >= 0.3 is 0 Å². The predicted octanol–water partition coefficient (Wildman–Crippen LogP) is 2.11. The number of hydrogen-bond acceptors (Lipinski definition) is 5. The Morgan fingerprint density at radius 2 is 2.32 bits per heavy atom. The van der Waals surface area contributed by atoms with Crippen molar-refractivity contribution in [2.45, 2.75) is 26.4 Å². The molecule has 1 aromatic heterocycles. The molecule has 0 spiro atoms. The van der Waals surface area contributed by atoms with Gasteiger partial charge in [-0.05, 0) is 56.3 Å². The van der Waals surface area contributed by atoms with E-state index in [1.807, 2.05) is 26.0 Å². The highest BCUT2D eigenvalue weighted by Crippen LogP contribution is 2.55. The number of carbonyl (C=O) groups excluding carboxylic acids is 1. The van der Waals surface area contributed by atoms with E-state index in [0.29, 0.717) is 23.8 Å².